The topological polar surface area (TPSA) is 135 Å². The zero-order valence-electron chi connectivity index (χ0n) is 14.2. The molecule has 27 heavy (non-hydrogen) atoms. The second-order valence-corrected chi connectivity index (χ2v) is 9.63. The van der Waals surface area contributed by atoms with Crippen molar-refractivity contribution in [1.29, 1.82) is 0 Å². The van der Waals surface area contributed by atoms with E-state index in [0.717, 1.165) is 18.9 Å². The van der Waals surface area contributed by atoms with Crippen molar-refractivity contribution >= 4 is 31.4 Å². The molecule has 3 rings (SSSR count). The number of nitro benzene ring substituents is 1. The number of sulfonamides is 2. The summed E-state index contributed by atoms with van der Waals surface area (Å²) in [5.41, 5.74) is 0.186. The van der Waals surface area contributed by atoms with Crippen LogP contribution in [0.5, 0.6) is 0 Å². The van der Waals surface area contributed by atoms with Crippen LogP contribution in [0.3, 0.4) is 0 Å². The zero-order chi connectivity index (χ0) is 19.8. The van der Waals surface area contributed by atoms with Gasteiger partial charge in [0.15, 0.2) is 0 Å². The molecule has 0 atom stereocenters. The van der Waals surface area contributed by atoms with Crippen LogP contribution >= 0.6 is 0 Å². The Morgan fingerprint density at radius 2 is 1.56 bits per heavy atom. The van der Waals surface area contributed by atoms with Crippen molar-refractivity contribution in [2.45, 2.75) is 35.6 Å². The van der Waals surface area contributed by atoms with E-state index in [-0.39, 0.29) is 27.2 Å². The molecule has 1 saturated carbocycles. The molecule has 9 nitrogen and oxygen atoms in total. The van der Waals surface area contributed by atoms with Gasteiger partial charge >= 0.3 is 0 Å². The second kappa shape index (κ2) is 6.91. The number of nitrogens with one attached hydrogen (secondary N) is 2. The van der Waals surface area contributed by atoms with Crippen molar-refractivity contribution in [3.8, 4) is 0 Å². The minimum Gasteiger partial charge on any atom is -0.280 e. The highest BCUT2D eigenvalue weighted by molar-refractivity contribution is 7.92. The quantitative estimate of drug-likeness (QED) is 0.529. The molecule has 0 aromatic heterocycles. The van der Waals surface area contributed by atoms with Gasteiger partial charge in [0.1, 0.15) is 0 Å². The first kappa shape index (κ1) is 19.3. The number of nitrogens with zero attached hydrogens (tertiary/aromatic N) is 1. The Balaban J connectivity index is 1.82. The van der Waals surface area contributed by atoms with E-state index < -0.39 is 25.0 Å². The van der Waals surface area contributed by atoms with Crippen LogP contribution in [0.2, 0.25) is 0 Å². The summed E-state index contributed by atoms with van der Waals surface area (Å²) < 4.78 is 54.0. The molecular formula is C16H17N3O6S2. The minimum atomic E-state index is -4.06. The lowest BCUT2D eigenvalue weighted by atomic mass is 10.2. The number of rotatable bonds is 7. The third kappa shape index (κ3) is 4.43. The largest absolute Gasteiger partial charge is 0.280 e. The molecule has 144 valence electrons. The fourth-order valence-corrected chi connectivity index (χ4v) is 4.74. The number of hydrogen-bond donors (Lipinski definition) is 2. The van der Waals surface area contributed by atoms with E-state index in [1.54, 1.807) is 0 Å². The van der Waals surface area contributed by atoms with E-state index in [2.05, 4.69) is 9.44 Å². The van der Waals surface area contributed by atoms with E-state index in [0.29, 0.717) is 5.56 Å². The average Bonchev–Trinajstić information content (AvgIpc) is 3.38. The fourth-order valence-electron chi connectivity index (χ4n) is 2.36. The molecule has 1 aliphatic rings. The van der Waals surface area contributed by atoms with E-state index in [1.165, 1.54) is 43.3 Å². The molecular weight excluding hydrogens is 394 g/mol. The smallest absolute Gasteiger partial charge is 0.273 e. The number of aryl methyl sites for hydroxylation is 1. The number of nitro groups is 1. The van der Waals surface area contributed by atoms with Crippen LogP contribution < -0.4 is 9.44 Å². The van der Waals surface area contributed by atoms with Gasteiger partial charge in [-0.25, -0.2) is 21.6 Å². The summed E-state index contributed by atoms with van der Waals surface area (Å²) in [7, 11) is -7.69. The van der Waals surface area contributed by atoms with Gasteiger partial charge in [0.25, 0.3) is 15.7 Å². The molecule has 0 heterocycles. The Kier molecular flexibility index (Phi) is 4.93. The third-order valence-corrected chi connectivity index (χ3v) is 6.92. The van der Waals surface area contributed by atoms with Crippen LogP contribution in [0.1, 0.15) is 18.4 Å². The Bertz CT molecular complexity index is 1090. The van der Waals surface area contributed by atoms with Crippen LogP contribution in [-0.4, -0.2) is 27.8 Å². The highest BCUT2D eigenvalue weighted by Crippen LogP contribution is 2.25. The SMILES string of the molecule is Cc1ccc(S(=O)(=O)Nc2ccc(S(=O)(=O)NC3CC3)cc2)cc1[N+](=O)[O-]. The molecule has 0 saturated heterocycles. The van der Waals surface area contributed by atoms with Gasteiger partial charge in [-0.2, -0.15) is 0 Å². The lowest BCUT2D eigenvalue weighted by Crippen LogP contribution is -2.25. The lowest BCUT2D eigenvalue weighted by Gasteiger charge is -2.10. The van der Waals surface area contributed by atoms with Crippen LogP contribution in [0.4, 0.5) is 11.4 Å². The molecule has 0 unspecified atom stereocenters. The second-order valence-electron chi connectivity index (χ2n) is 6.23. The summed E-state index contributed by atoms with van der Waals surface area (Å²) >= 11 is 0. The Hall–Kier alpha value is -2.50. The van der Waals surface area contributed by atoms with Crippen LogP contribution in [0, 0.1) is 17.0 Å². The van der Waals surface area contributed by atoms with Crippen molar-refractivity contribution in [3.05, 3.63) is 58.1 Å². The molecule has 0 amide bonds. The van der Waals surface area contributed by atoms with Crippen LogP contribution in [0.15, 0.2) is 52.3 Å². The van der Waals surface area contributed by atoms with E-state index in [4.69, 9.17) is 0 Å². The Morgan fingerprint density at radius 3 is 2.11 bits per heavy atom. The number of benzene rings is 2. The highest BCUT2D eigenvalue weighted by Gasteiger charge is 2.28. The molecule has 1 aliphatic carbocycles. The first-order valence-corrected chi connectivity index (χ1v) is 11.0. The van der Waals surface area contributed by atoms with Crippen LogP contribution in [-0.2, 0) is 20.0 Å². The fraction of sp³-hybridized carbons (Fsp3) is 0.250. The van der Waals surface area contributed by atoms with Gasteiger partial charge in [0.2, 0.25) is 10.0 Å². The van der Waals surface area contributed by atoms with E-state index in [9.17, 15) is 26.9 Å². The summed E-state index contributed by atoms with van der Waals surface area (Å²) in [6.45, 7) is 1.51. The Morgan fingerprint density at radius 1 is 0.963 bits per heavy atom. The average molecular weight is 411 g/mol. The van der Waals surface area contributed by atoms with Gasteiger partial charge in [-0.3, -0.25) is 14.8 Å². The summed E-state index contributed by atoms with van der Waals surface area (Å²) in [6, 6.07) is 8.79. The molecule has 2 aromatic rings. The maximum atomic E-state index is 12.5. The summed E-state index contributed by atoms with van der Waals surface area (Å²) in [4.78, 5) is 10.1. The normalized spacial score (nSPS) is 14.7. The highest BCUT2D eigenvalue weighted by atomic mass is 32.2. The van der Waals surface area contributed by atoms with Gasteiger partial charge in [-0.1, -0.05) is 6.07 Å². The van der Waals surface area contributed by atoms with Crippen molar-refractivity contribution in [3.63, 3.8) is 0 Å². The van der Waals surface area contributed by atoms with Gasteiger partial charge in [0.05, 0.1) is 14.7 Å². The summed E-state index contributed by atoms with van der Waals surface area (Å²) in [5, 5.41) is 11.0. The first-order chi connectivity index (χ1) is 12.6. The molecule has 0 bridgehead atoms. The standard InChI is InChI=1S/C16H17N3O6S2/c1-11-2-7-15(10-16(11)19(20)21)27(24,25)18-13-5-8-14(9-6-13)26(22,23)17-12-3-4-12/h2,5-10,12,17-18H,3-4H2,1H3. The van der Waals surface area contributed by atoms with Gasteiger partial charge in [-0.05, 0) is 50.1 Å². The molecule has 2 aromatic carbocycles. The van der Waals surface area contributed by atoms with Gasteiger partial charge in [-0.15, -0.1) is 0 Å². The van der Waals surface area contributed by atoms with Crippen molar-refractivity contribution < 1.29 is 21.8 Å². The molecule has 1 fully saturated rings. The third-order valence-electron chi connectivity index (χ3n) is 4.00. The van der Waals surface area contributed by atoms with E-state index >= 15 is 0 Å². The van der Waals surface area contributed by atoms with Crippen molar-refractivity contribution in [2.24, 2.45) is 0 Å². The Labute approximate surface area is 156 Å². The minimum absolute atomic E-state index is 0.0309. The van der Waals surface area contributed by atoms with E-state index in [1.807, 2.05) is 0 Å². The predicted molar refractivity (Wildman–Crippen MR) is 98.4 cm³/mol. The zero-order valence-corrected chi connectivity index (χ0v) is 15.9. The molecule has 0 spiro atoms. The molecule has 11 heteroatoms. The molecule has 0 aliphatic heterocycles. The molecule has 0 radical (unpaired) electrons. The first-order valence-electron chi connectivity index (χ1n) is 7.99. The predicted octanol–water partition coefficient (Wildman–Crippen LogP) is 2.14. The summed E-state index contributed by atoms with van der Waals surface area (Å²) in [6.07, 6.45) is 1.61. The maximum Gasteiger partial charge on any atom is 0.273 e. The van der Waals surface area contributed by atoms with Gasteiger partial charge < -0.3 is 0 Å². The maximum absolute atomic E-state index is 12.5. The van der Waals surface area contributed by atoms with Crippen molar-refractivity contribution in [1.82, 2.24) is 4.72 Å². The van der Waals surface area contributed by atoms with Crippen molar-refractivity contribution in [2.75, 3.05) is 4.72 Å². The summed E-state index contributed by atoms with van der Waals surface area (Å²) in [5.74, 6) is 0. The number of hydrogen-bond acceptors (Lipinski definition) is 6. The molecule has 2 N–H and O–H groups in total. The number of anilines is 1. The van der Waals surface area contributed by atoms with Crippen LogP contribution in [0.25, 0.3) is 0 Å². The van der Waals surface area contributed by atoms with Gasteiger partial charge in [0, 0.05) is 23.4 Å². The lowest BCUT2D eigenvalue weighted by molar-refractivity contribution is -0.385. The monoisotopic (exact) mass is 411 g/mol.